The predicted molar refractivity (Wildman–Crippen MR) is 84.8 cm³/mol. The van der Waals surface area contributed by atoms with Crippen molar-refractivity contribution in [1.29, 1.82) is 0 Å². The molecule has 6 heteroatoms. The normalized spacial score (nSPS) is 10.4. The Morgan fingerprint density at radius 2 is 2.00 bits per heavy atom. The van der Waals surface area contributed by atoms with Gasteiger partial charge in [-0.2, -0.15) is 0 Å². The van der Waals surface area contributed by atoms with E-state index in [1.165, 1.54) is 11.3 Å². The maximum absolute atomic E-state index is 12.3. The van der Waals surface area contributed by atoms with Gasteiger partial charge in [0.15, 0.2) is 0 Å². The van der Waals surface area contributed by atoms with Crippen molar-refractivity contribution in [2.45, 2.75) is 20.3 Å². The number of amides is 1. The number of aromatic carboxylic acids is 1. The van der Waals surface area contributed by atoms with Crippen LogP contribution < -0.4 is 5.32 Å². The lowest BCUT2D eigenvalue weighted by atomic mass is 10.1. The summed E-state index contributed by atoms with van der Waals surface area (Å²) in [6, 6.07) is 6.62. The van der Waals surface area contributed by atoms with Gasteiger partial charge in [0.1, 0.15) is 5.00 Å². The van der Waals surface area contributed by atoms with Crippen LogP contribution in [0.1, 0.15) is 38.1 Å². The van der Waals surface area contributed by atoms with E-state index in [1.54, 1.807) is 31.2 Å². The Balaban J connectivity index is 2.33. The zero-order valence-corrected chi connectivity index (χ0v) is 13.1. The molecule has 0 aliphatic rings. The number of carboxylic acids is 1. The molecule has 0 radical (unpaired) electrons. The van der Waals surface area contributed by atoms with E-state index >= 15 is 0 Å². The number of carboxylic acid groups (broad SMARTS) is 1. The van der Waals surface area contributed by atoms with Crippen molar-refractivity contribution in [2.75, 3.05) is 5.32 Å². The molecule has 0 bridgehead atoms. The lowest BCUT2D eigenvalue weighted by molar-refractivity contribution is 0.0698. The molecule has 0 aliphatic carbocycles. The monoisotopic (exact) mass is 323 g/mol. The highest BCUT2D eigenvalue weighted by Gasteiger charge is 2.18. The van der Waals surface area contributed by atoms with Crippen molar-refractivity contribution in [3.63, 3.8) is 0 Å². The zero-order chi connectivity index (χ0) is 15.6. The number of carbonyl (C=O) groups excluding carboxylic acids is 1. The fraction of sp³-hybridized carbons (Fsp3) is 0.200. The molecule has 0 spiro atoms. The summed E-state index contributed by atoms with van der Waals surface area (Å²) in [5.74, 6) is -1.41. The van der Waals surface area contributed by atoms with Crippen LogP contribution in [0.5, 0.6) is 0 Å². The van der Waals surface area contributed by atoms with Crippen LogP contribution in [0.25, 0.3) is 0 Å². The van der Waals surface area contributed by atoms with Crippen molar-refractivity contribution < 1.29 is 14.7 Å². The summed E-state index contributed by atoms with van der Waals surface area (Å²) in [5.41, 5.74) is 1.33. The molecule has 0 saturated heterocycles. The van der Waals surface area contributed by atoms with Gasteiger partial charge in [-0.1, -0.05) is 24.6 Å². The molecule has 21 heavy (non-hydrogen) atoms. The van der Waals surface area contributed by atoms with Crippen LogP contribution in [0.4, 0.5) is 5.00 Å². The topological polar surface area (TPSA) is 66.4 Å². The molecule has 0 unspecified atom stereocenters. The maximum atomic E-state index is 12.3. The molecule has 2 N–H and O–H groups in total. The van der Waals surface area contributed by atoms with Crippen molar-refractivity contribution >= 4 is 39.8 Å². The van der Waals surface area contributed by atoms with Crippen molar-refractivity contribution in [1.82, 2.24) is 0 Å². The number of halogens is 1. The average molecular weight is 324 g/mol. The van der Waals surface area contributed by atoms with Gasteiger partial charge in [-0.25, -0.2) is 4.79 Å². The van der Waals surface area contributed by atoms with Gasteiger partial charge in [0, 0.05) is 15.5 Å². The zero-order valence-electron chi connectivity index (χ0n) is 11.6. The Hall–Kier alpha value is -1.85. The van der Waals surface area contributed by atoms with Crippen molar-refractivity contribution in [3.8, 4) is 0 Å². The second-order valence-electron chi connectivity index (χ2n) is 4.53. The van der Waals surface area contributed by atoms with E-state index in [1.807, 2.05) is 6.92 Å². The first-order valence-electron chi connectivity index (χ1n) is 6.36. The van der Waals surface area contributed by atoms with Crippen LogP contribution in [0, 0.1) is 6.92 Å². The summed E-state index contributed by atoms with van der Waals surface area (Å²) in [6.45, 7) is 3.74. The number of benzene rings is 1. The number of hydrogen-bond donors (Lipinski definition) is 2. The Labute approximate surface area is 131 Å². The number of carbonyl (C=O) groups is 2. The maximum Gasteiger partial charge on any atom is 0.338 e. The molecule has 1 aromatic heterocycles. The average Bonchev–Trinajstić information content (AvgIpc) is 2.84. The molecule has 4 nitrogen and oxygen atoms in total. The van der Waals surface area contributed by atoms with Crippen LogP contribution in [0.15, 0.2) is 24.3 Å². The summed E-state index contributed by atoms with van der Waals surface area (Å²) >= 11 is 7.18. The molecule has 1 heterocycles. The minimum absolute atomic E-state index is 0.116. The molecular weight excluding hydrogens is 310 g/mol. The smallest absolute Gasteiger partial charge is 0.338 e. The number of nitrogens with one attached hydrogen (secondary N) is 1. The van der Waals surface area contributed by atoms with Crippen LogP contribution >= 0.6 is 22.9 Å². The van der Waals surface area contributed by atoms with E-state index in [9.17, 15) is 14.7 Å². The molecule has 110 valence electrons. The van der Waals surface area contributed by atoms with Gasteiger partial charge in [-0.15, -0.1) is 11.3 Å². The molecule has 0 aliphatic heterocycles. The first-order valence-corrected chi connectivity index (χ1v) is 7.55. The third-order valence-electron chi connectivity index (χ3n) is 3.03. The number of hydrogen-bond acceptors (Lipinski definition) is 3. The molecular formula is C15H14ClNO3S. The molecule has 2 rings (SSSR count). The van der Waals surface area contributed by atoms with Gasteiger partial charge in [0.2, 0.25) is 0 Å². The van der Waals surface area contributed by atoms with Crippen LogP contribution in [-0.4, -0.2) is 17.0 Å². The number of thiophene rings is 1. The largest absolute Gasteiger partial charge is 0.478 e. The molecule has 0 saturated carbocycles. The number of rotatable bonds is 4. The fourth-order valence-corrected chi connectivity index (χ4v) is 3.03. The van der Waals surface area contributed by atoms with E-state index in [0.29, 0.717) is 15.6 Å². The molecule has 0 atom stereocenters. The van der Waals surface area contributed by atoms with E-state index in [0.717, 1.165) is 16.9 Å². The Kier molecular flexibility index (Phi) is 4.65. The summed E-state index contributed by atoms with van der Waals surface area (Å²) in [5, 5.41) is 12.7. The van der Waals surface area contributed by atoms with E-state index in [4.69, 9.17) is 11.6 Å². The van der Waals surface area contributed by atoms with Gasteiger partial charge in [-0.3, -0.25) is 4.79 Å². The van der Waals surface area contributed by atoms with E-state index < -0.39 is 5.97 Å². The minimum Gasteiger partial charge on any atom is -0.478 e. The number of anilines is 1. The highest BCUT2D eigenvalue weighted by Crippen LogP contribution is 2.29. The number of aryl methyl sites for hydroxylation is 2. The second-order valence-corrected chi connectivity index (χ2v) is 6.10. The van der Waals surface area contributed by atoms with Crippen molar-refractivity contribution in [2.24, 2.45) is 0 Å². The Bertz CT molecular complexity index is 709. The molecule has 0 fully saturated rings. The van der Waals surface area contributed by atoms with Crippen LogP contribution in [0.3, 0.4) is 0 Å². The van der Waals surface area contributed by atoms with Crippen LogP contribution in [-0.2, 0) is 6.42 Å². The lowest BCUT2D eigenvalue weighted by Crippen LogP contribution is -2.14. The highest BCUT2D eigenvalue weighted by atomic mass is 35.5. The van der Waals surface area contributed by atoms with E-state index in [2.05, 4.69) is 5.32 Å². The second kappa shape index (κ2) is 6.28. The van der Waals surface area contributed by atoms with Gasteiger partial charge in [0.05, 0.1) is 5.56 Å². The summed E-state index contributed by atoms with van der Waals surface area (Å²) in [4.78, 5) is 24.4. The van der Waals surface area contributed by atoms with Gasteiger partial charge >= 0.3 is 5.97 Å². The quantitative estimate of drug-likeness (QED) is 0.885. The molecule has 1 aromatic carbocycles. The standard InChI is InChI=1S/C15H14ClNO3S/c1-3-10-7-12(15(19)20)14(21-10)17-13(18)11-6-9(16)5-4-8(11)2/h4-7H,3H2,1-2H3,(H,17,18)(H,19,20). The fourth-order valence-electron chi connectivity index (χ4n) is 1.88. The lowest BCUT2D eigenvalue weighted by Gasteiger charge is -2.07. The van der Waals surface area contributed by atoms with Crippen molar-refractivity contribution in [3.05, 3.63) is 50.9 Å². The summed E-state index contributed by atoms with van der Waals surface area (Å²) in [7, 11) is 0. The Morgan fingerprint density at radius 1 is 1.29 bits per heavy atom. The summed E-state index contributed by atoms with van der Waals surface area (Å²) < 4.78 is 0. The highest BCUT2D eigenvalue weighted by molar-refractivity contribution is 7.16. The third-order valence-corrected chi connectivity index (χ3v) is 4.46. The first-order chi connectivity index (χ1) is 9.92. The molecule has 2 aromatic rings. The van der Waals surface area contributed by atoms with Crippen LogP contribution in [0.2, 0.25) is 5.02 Å². The minimum atomic E-state index is -1.05. The predicted octanol–water partition coefficient (Wildman–Crippen LogP) is 4.22. The van der Waals surface area contributed by atoms with E-state index in [-0.39, 0.29) is 11.5 Å². The third kappa shape index (κ3) is 3.43. The summed E-state index contributed by atoms with van der Waals surface area (Å²) in [6.07, 6.45) is 0.719. The SMILES string of the molecule is CCc1cc(C(=O)O)c(NC(=O)c2cc(Cl)ccc2C)s1. The van der Waals surface area contributed by atoms with Gasteiger partial charge < -0.3 is 10.4 Å². The van der Waals surface area contributed by atoms with Gasteiger partial charge in [-0.05, 0) is 37.1 Å². The first kappa shape index (κ1) is 15.5. The van der Waals surface area contributed by atoms with Gasteiger partial charge in [0.25, 0.3) is 5.91 Å². The molecule has 1 amide bonds. The Morgan fingerprint density at radius 3 is 2.62 bits per heavy atom.